The van der Waals surface area contributed by atoms with Crippen LogP contribution in [0.4, 0.5) is 0 Å². The standard InChI is InChI=1S/C16H20ClN3O2/c1-11-7-4-5-8-13(11)22-10-6-9-20(3)16(21)15-14(17)12(2)18-19-15/h4-5,7-8H,6,9-10H2,1-3H3,(H,18,19). The van der Waals surface area contributed by atoms with E-state index in [9.17, 15) is 4.79 Å². The van der Waals surface area contributed by atoms with Crippen LogP contribution in [0.1, 0.15) is 28.2 Å². The maximum Gasteiger partial charge on any atom is 0.275 e. The summed E-state index contributed by atoms with van der Waals surface area (Å²) in [4.78, 5) is 13.8. The first-order valence-electron chi connectivity index (χ1n) is 7.15. The summed E-state index contributed by atoms with van der Waals surface area (Å²) in [7, 11) is 1.73. The van der Waals surface area contributed by atoms with Crippen molar-refractivity contribution < 1.29 is 9.53 Å². The summed E-state index contributed by atoms with van der Waals surface area (Å²) in [6.07, 6.45) is 0.734. The molecule has 0 unspecified atom stereocenters. The number of carbonyl (C=O) groups is 1. The molecule has 5 nitrogen and oxygen atoms in total. The summed E-state index contributed by atoms with van der Waals surface area (Å²) < 4.78 is 5.71. The molecule has 0 aliphatic heterocycles. The second-order valence-electron chi connectivity index (χ2n) is 5.21. The van der Waals surface area contributed by atoms with Crippen LogP contribution < -0.4 is 4.74 Å². The van der Waals surface area contributed by atoms with E-state index in [-0.39, 0.29) is 11.6 Å². The van der Waals surface area contributed by atoms with Gasteiger partial charge < -0.3 is 9.64 Å². The average Bonchev–Trinajstić information content (AvgIpc) is 2.84. The highest BCUT2D eigenvalue weighted by Crippen LogP contribution is 2.19. The van der Waals surface area contributed by atoms with Crippen LogP contribution in [0.5, 0.6) is 5.75 Å². The minimum absolute atomic E-state index is 0.190. The largest absolute Gasteiger partial charge is 0.493 e. The Morgan fingerprint density at radius 1 is 1.36 bits per heavy atom. The topological polar surface area (TPSA) is 58.2 Å². The summed E-state index contributed by atoms with van der Waals surface area (Å²) in [5.74, 6) is 0.688. The van der Waals surface area contributed by atoms with E-state index in [1.165, 1.54) is 0 Å². The predicted molar refractivity (Wildman–Crippen MR) is 86.6 cm³/mol. The fraction of sp³-hybridized carbons (Fsp3) is 0.375. The number of hydrogen-bond acceptors (Lipinski definition) is 3. The minimum Gasteiger partial charge on any atom is -0.493 e. The number of benzene rings is 1. The first-order valence-corrected chi connectivity index (χ1v) is 7.53. The molecule has 6 heteroatoms. The summed E-state index contributed by atoms with van der Waals surface area (Å²) >= 11 is 6.04. The Morgan fingerprint density at radius 2 is 2.09 bits per heavy atom. The number of aromatic nitrogens is 2. The lowest BCUT2D eigenvalue weighted by atomic mass is 10.2. The first-order chi connectivity index (χ1) is 10.5. The number of H-pyrrole nitrogens is 1. The lowest BCUT2D eigenvalue weighted by Gasteiger charge is -2.16. The highest BCUT2D eigenvalue weighted by atomic mass is 35.5. The molecule has 2 aromatic rings. The van der Waals surface area contributed by atoms with E-state index < -0.39 is 0 Å². The normalized spacial score (nSPS) is 10.5. The number of carbonyl (C=O) groups excluding carboxylic acids is 1. The number of nitrogens with one attached hydrogen (secondary N) is 1. The third kappa shape index (κ3) is 3.80. The zero-order valence-corrected chi connectivity index (χ0v) is 13.8. The molecule has 1 amide bonds. The highest BCUT2D eigenvalue weighted by Gasteiger charge is 2.19. The molecule has 0 atom stereocenters. The zero-order valence-electron chi connectivity index (χ0n) is 13.0. The first kappa shape index (κ1) is 16.4. The van der Waals surface area contributed by atoms with Crippen LogP contribution in [-0.4, -0.2) is 41.2 Å². The molecule has 0 bridgehead atoms. The number of rotatable bonds is 6. The van der Waals surface area contributed by atoms with Gasteiger partial charge in [0.15, 0.2) is 5.69 Å². The van der Waals surface area contributed by atoms with E-state index in [1.54, 1.807) is 18.9 Å². The predicted octanol–water partition coefficient (Wildman–Crippen LogP) is 3.22. The monoisotopic (exact) mass is 321 g/mol. The number of para-hydroxylation sites is 1. The number of hydrogen-bond donors (Lipinski definition) is 1. The van der Waals surface area contributed by atoms with Gasteiger partial charge in [-0.1, -0.05) is 29.8 Å². The lowest BCUT2D eigenvalue weighted by molar-refractivity contribution is 0.0782. The molecule has 2 rings (SSSR count). The summed E-state index contributed by atoms with van der Waals surface area (Å²) in [5.41, 5.74) is 2.06. The second-order valence-corrected chi connectivity index (χ2v) is 5.58. The maximum atomic E-state index is 12.2. The van der Waals surface area contributed by atoms with E-state index >= 15 is 0 Å². The van der Waals surface area contributed by atoms with Crippen LogP contribution >= 0.6 is 11.6 Å². The van der Waals surface area contributed by atoms with Gasteiger partial charge in [-0.2, -0.15) is 5.10 Å². The van der Waals surface area contributed by atoms with E-state index in [2.05, 4.69) is 10.2 Å². The highest BCUT2D eigenvalue weighted by molar-refractivity contribution is 6.34. The molecule has 0 spiro atoms. The molecule has 1 N–H and O–H groups in total. The number of nitrogens with zero attached hydrogens (tertiary/aromatic N) is 2. The summed E-state index contributed by atoms with van der Waals surface area (Å²) in [6, 6.07) is 7.87. The van der Waals surface area contributed by atoms with Crippen molar-refractivity contribution in [2.45, 2.75) is 20.3 Å². The molecule has 1 heterocycles. The van der Waals surface area contributed by atoms with Crippen molar-refractivity contribution >= 4 is 17.5 Å². The van der Waals surface area contributed by atoms with Gasteiger partial charge in [-0.25, -0.2) is 0 Å². The van der Waals surface area contributed by atoms with E-state index in [0.29, 0.717) is 23.9 Å². The number of ether oxygens (including phenoxy) is 1. The lowest BCUT2D eigenvalue weighted by Crippen LogP contribution is -2.29. The Morgan fingerprint density at radius 3 is 2.73 bits per heavy atom. The van der Waals surface area contributed by atoms with Crippen LogP contribution in [0.15, 0.2) is 24.3 Å². The Hall–Kier alpha value is -2.01. The van der Waals surface area contributed by atoms with Crippen molar-refractivity contribution in [1.29, 1.82) is 0 Å². The number of amides is 1. The van der Waals surface area contributed by atoms with Gasteiger partial charge in [0, 0.05) is 13.6 Å². The van der Waals surface area contributed by atoms with Gasteiger partial charge in [0.2, 0.25) is 0 Å². The molecule has 1 aromatic carbocycles. The summed E-state index contributed by atoms with van der Waals surface area (Å²) in [5, 5.41) is 7.04. The van der Waals surface area contributed by atoms with Crippen LogP contribution in [0, 0.1) is 13.8 Å². The minimum atomic E-state index is -0.190. The third-order valence-electron chi connectivity index (χ3n) is 3.41. The van der Waals surface area contributed by atoms with Gasteiger partial charge in [-0.3, -0.25) is 9.89 Å². The fourth-order valence-corrected chi connectivity index (χ4v) is 2.21. The number of aryl methyl sites for hydroxylation is 2. The van der Waals surface area contributed by atoms with Crippen molar-refractivity contribution in [3.05, 3.63) is 46.2 Å². The number of halogens is 1. The van der Waals surface area contributed by atoms with Gasteiger partial charge in [0.1, 0.15) is 5.75 Å². The van der Waals surface area contributed by atoms with Gasteiger partial charge >= 0.3 is 0 Å². The third-order valence-corrected chi connectivity index (χ3v) is 3.87. The molecular formula is C16H20ClN3O2. The van der Waals surface area contributed by atoms with Crippen LogP contribution in [0.2, 0.25) is 5.02 Å². The number of aromatic amines is 1. The van der Waals surface area contributed by atoms with Crippen molar-refractivity contribution in [3.63, 3.8) is 0 Å². The Labute approximate surface area is 135 Å². The van der Waals surface area contributed by atoms with E-state index in [4.69, 9.17) is 16.3 Å². The van der Waals surface area contributed by atoms with Crippen LogP contribution in [-0.2, 0) is 0 Å². The fourth-order valence-electron chi connectivity index (χ4n) is 2.04. The molecule has 0 saturated carbocycles. The molecule has 22 heavy (non-hydrogen) atoms. The smallest absolute Gasteiger partial charge is 0.275 e. The molecule has 0 aliphatic carbocycles. The molecular weight excluding hydrogens is 302 g/mol. The van der Waals surface area contributed by atoms with Crippen molar-refractivity contribution in [2.75, 3.05) is 20.2 Å². The van der Waals surface area contributed by atoms with Crippen molar-refractivity contribution in [1.82, 2.24) is 15.1 Å². The van der Waals surface area contributed by atoms with Gasteiger partial charge in [0.05, 0.1) is 17.3 Å². The molecule has 0 aliphatic rings. The Bertz CT molecular complexity index is 655. The maximum absolute atomic E-state index is 12.2. The van der Waals surface area contributed by atoms with Crippen LogP contribution in [0.3, 0.4) is 0 Å². The van der Waals surface area contributed by atoms with Crippen molar-refractivity contribution in [3.8, 4) is 5.75 Å². The average molecular weight is 322 g/mol. The molecule has 118 valence electrons. The molecule has 1 aromatic heterocycles. The van der Waals surface area contributed by atoms with E-state index in [1.807, 2.05) is 31.2 Å². The second kappa shape index (κ2) is 7.31. The quantitative estimate of drug-likeness (QED) is 0.831. The van der Waals surface area contributed by atoms with Crippen LogP contribution in [0.25, 0.3) is 0 Å². The van der Waals surface area contributed by atoms with Gasteiger partial charge in [0.25, 0.3) is 5.91 Å². The van der Waals surface area contributed by atoms with Crippen molar-refractivity contribution in [2.24, 2.45) is 0 Å². The molecule has 0 saturated heterocycles. The molecule has 0 fully saturated rings. The SMILES string of the molecule is Cc1ccccc1OCCCN(C)C(=O)c1n[nH]c(C)c1Cl. The zero-order chi connectivity index (χ0) is 16.1. The summed E-state index contributed by atoms with van der Waals surface area (Å²) in [6.45, 7) is 4.91. The van der Waals surface area contributed by atoms with Gasteiger partial charge in [-0.05, 0) is 31.9 Å². The molecule has 0 radical (unpaired) electrons. The Balaban J connectivity index is 1.81. The Kier molecular flexibility index (Phi) is 5.44. The van der Waals surface area contributed by atoms with E-state index in [0.717, 1.165) is 17.7 Å². The van der Waals surface area contributed by atoms with Gasteiger partial charge in [-0.15, -0.1) is 0 Å².